The molecule has 0 saturated carbocycles. The van der Waals surface area contributed by atoms with Crippen molar-refractivity contribution < 1.29 is 13.9 Å². The van der Waals surface area contributed by atoms with E-state index in [1.807, 2.05) is 26.0 Å². The normalized spacial score (nSPS) is 14.0. The topological polar surface area (TPSA) is 32.3 Å². The van der Waals surface area contributed by atoms with Gasteiger partial charge in [0.05, 0.1) is 0 Å². The molecule has 21 heavy (non-hydrogen) atoms. The molecule has 2 aromatic carbocycles. The van der Waals surface area contributed by atoms with E-state index in [0.717, 1.165) is 5.56 Å². The Labute approximate surface area is 123 Å². The number of aryl methyl sites for hydroxylation is 1. The average Bonchev–Trinajstić information content (AvgIpc) is 2.37. The van der Waals surface area contributed by atoms with Crippen LogP contribution in [-0.2, 0) is 0 Å². The Balaban J connectivity index is 2.21. The van der Waals surface area contributed by atoms with E-state index in [0.29, 0.717) is 5.56 Å². The van der Waals surface area contributed by atoms with Gasteiger partial charge in [-0.2, -0.15) is 0 Å². The minimum absolute atomic E-state index is 0.0101. The number of benzene rings is 2. The third kappa shape index (κ3) is 3.39. The monoisotopic (exact) mass is 291 g/mol. The van der Waals surface area contributed by atoms with Crippen LogP contribution in [0.5, 0.6) is 5.75 Å². The summed E-state index contributed by atoms with van der Waals surface area (Å²) in [4.78, 5) is 0. The van der Waals surface area contributed by atoms with Crippen LogP contribution in [0.4, 0.5) is 8.78 Å². The highest BCUT2D eigenvalue weighted by atomic mass is 19.1. The van der Waals surface area contributed by atoms with E-state index in [4.69, 9.17) is 0 Å². The van der Waals surface area contributed by atoms with Crippen LogP contribution in [0.3, 0.4) is 0 Å². The smallest absolute Gasteiger partial charge is 0.130 e. The summed E-state index contributed by atoms with van der Waals surface area (Å²) in [6.07, 6.45) is 0. The van der Waals surface area contributed by atoms with Gasteiger partial charge in [0, 0.05) is 23.2 Å². The van der Waals surface area contributed by atoms with Crippen molar-refractivity contribution in [1.82, 2.24) is 5.32 Å². The van der Waals surface area contributed by atoms with Crippen molar-refractivity contribution in [2.24, 2.45) is 0 Å². The fourth-order valence-corrected chi connectivity index (χ4v) is 2.49. The summed E-state index contributed by atoms with van der Waals surface area (Å²) in [7, 11) is 0. The Hall–Kier alpha value is -1.94. The van der Waals surface area contributed by atoms with Gasteiger partial charge in [-0.3, -0.25) is 0 Å². The standard InChI is InChI=1S/C17H19F2NO/c1-10-7-8-13(16(21)9-10)11(2)20-12(3)17-14(18)5-4-6-15(17)19/h4-9,11-12,20-21H,1-3H3. The van der Waals surface area contributed by atoms with Gasteiger partial charge < -0.3 is 10.4 Å². The number of halogens is 2. The van der Waals surface area contributed by atoms with Gasteiger partial charge in [0.1, 0.15) is 17.4 Å². The molecule has 0 saturated heterocycles. The van der Waals surface area contributed by atoms with Crippen LogP contribution in [0.25, 0.3) is 0 Å². The van der Waals surface area contributed by atoms with Crippen molar-refractivity contribution in [3.63, 3.8) is 0 Å². The summed E-state index contributed by atoms with van der Waals surface area (Å²) in [5.41, 5.74) is 1.66. The number of rotatable bonds is 4. The number of phenols is 1. The molecular formula is C17H19F2NO. The lowest BCUT2D eigenvalue weighted by Crippen LogP contribution is -2.24. The zero-order valence-electron chi connectivity index (χ0n) is 12.3. The highest BCUT2D eigenvalue weighted by Crippen LogP contribution is 2.28. The maximum absolute atomic E-state index is 13.8. The second-order valence-electron chi connectivity index (χ2n) is 5.31. The first-order valence-electron chi connectivity index (χ1n) is 6.89. The van der Waals surface area contributed by atoms with Crippen LogP contribution in [-0.4, -0.2) is 5.11 Å². The van der Waals surface area contributed by atoms with E-state index < -0.39 is 17.7 Å². The van der Waals surface area contributed by atoms with Gasteiger partial charge in [-0.05, 0) is 44.5 Å². The quantitative estimate of drug-likeness (QED) is 0.875. The van der Waals surface area contributed by atoms with Crippen LogP contribution in [0.1, 0.15) is 42.6 Å². The van der Waals surface area contributed by atoms with Crippen molar-refractivity contribution in [3.8, 4) is 5.75 Å². The third-order valence-electron chi connectivity index (χ3n) is 3.59. The van der Waals surface area contributed by atoms with Gasteiger partial charge in [-0.1, -0.05) is 18.2 Å². The van der Waals surface area contributed by atoms with Crippen LogP contribution < -0.4 is 5.32 Å². The Bertz CT molecular complexity index is 622. The Morgan fingerprint density at radius 2 is 1.62 bits per heavy atom. The molecule has 2 aromatic rings. The molecule has 2 unspecified atom stereocenters. The van der Waals surface area contributed by atoms with Crippen LogP contribution in [0.2, 0.25) is 0 Å². The number of aromatic hydroxyl groups is 1. The minimum atomic E-state index is -0.574. The highest BCUT2D eigenvalue weighted by molar-refractivity contribution is 5.38. The predicted octanol–water partition coefficient (Wildman–Crippen LogP) is 4.39. The fraction of sp³-hybridized carbons (Fsp3) is 0.294. The second kappa shape index (κ2) is 6.22. The van der Waals surface area contributed by atoms with Gasteiger partial charge in [0.15, 0.2) is 0 Å². The molecule has 0 radical (unpaired) electrons. The lowest BCUT2D eigenvalue weighted by Gasteiger charge is -2.22. The van der Waals surface area contributed by atoms with Crippen molar-refractivity contribution in [1.29, 1.82) is 0 Å². The lowest BCUT2D eigenvalue weighted by atomic mass is 10.0. The summed E-state index contributed by atoms with van der Waals surface area (Å²) < 4.78 is 27.5. The van der Waals surface area contributed by atoms with Gasteiger partial charge in [0.25, 0.3) is 0 Å². The van der Waals surface area contributed by atoms with E-state index in [9.17, 15) is 13.9 Å². The number of nitrogens with one attached hydrogen (secondary N) is 1. The van der Waals surface area contributed by atoms with Crippen molar-refractivity contribution in [2.45, 2.75) is 32.9 Å². The summed E-state index contributed by atoms with van der Waals surface area (Å²) in [5.74, 6) is -0.970. The van der Waals surface area contributed by atoms with E-state index in [1.165, 1.54) is 18.2 Å². The molecule has 0 bridgehead atoms. The van der Waals surface area contributed by atoms with Crippen molar-refractivity contribution >= 4 is 0 Å². The molecule has 4 heteroatoms. The van der Waals surface area contributed by atoms with E-state index in [-0.39, 0.29) is 17.4 Å². The fourth-order valence-electron chi connectivity index (χ4n) is 2.49. The maximum atomic E-state index is 13.8. The second-order valence-corrected chi connectivity index (χ2v) is 5.31. The Morgan fingerprint density at radius 1 is 1.00 bits per heavy atom. The molecular weight excluding hydrogens is 272 g/mol. The first-order valence-corrected chi connectivity index (χ1v) is 6.89. The minimum Gasteiger partial charge on any atom is -0.508 e. The molecule has 0 aliphatic heterocycles. The zero-order chi connectivity index (χ0) is 15.6. The van der Waals surface area contributed by atoms with E-state index >= 15 is 0 Å². The molecule has 2 atom stereocenters. The molecule has 2 rings (SSSR count). The van der Waals surface area contributed by atoms with Gasteiger partial charge in [-0.25, -0.2) is 8.78 Å². The van der Waals surface area contributed by atoms with Crippen LogP contribution in [0.15, 0.2) is 36.4 Å². The average molecular weight is 291 g/mol. The SMILES string of the molecule is Cc1ccc(C(C)NC(C)c2c(F)cccc2F)c(O)c1. The third-order valence-corrected chi connectivity index (χ3v) is 3.59. The molecule has 0 spiro atoms. The molecule has 0 amide bonds. The molecule has 0 aliphatic rings. The molecule has 2 nitrogen and oxygen atoms in total. The molecule has 112 valence electrons. The largest absolute Gasteiger partial charge is 0.508 e. The highest BCUT2D eigenvalue weighted by Gasteiger charge is 2.19. The summed E-state index contributed by atoms with van der Waals surface area (Å²) >= 11 is 0. The summed E-state index contributed by atoms with van der Waals surface area (Å²) in [6.45, 7) is 5.43. The first-order chi connectivity index (χ1) is 9.90. The van der Waals surface area contributed by atoms with E-state index in [1.54, 1.807) is 13.0 Å². The van der Waals surface area contributed by atoms with Crippen molar-refractivity contribution in [2.75, 3.05) is 0 Å². The number of hydrogen-bond donors (Lipinski definition) is 2. The molecule has 2 N–H and O–H groups in total. The van der Waals surface area contributed by atoms with Gasteiger partial charge in [0.2, 0.25) is 0 Å². The molecule has 0 heterocycles. The van der Waals surface area contributed by atoms with E-state index in [2.05, 4.69) is 5.32 Å². The van der Waals surface area contributed by atoms with Gasteiger partial charge in [-0.15, -0.1) is 0 Å². The summed E-state index contributed by atoms with van der Waals surface area (Å²) in [6, 6.07) is 8.45. The molecule has 0 fully saturated rings. The summed E-state index contributed by atoms with van der Waals surface area (Å²) in [5, 5.41) is 13.1. The first kappa shape index (κ1) is 15.4. The Kier molecular flexibility index (Phi) is 4.58. The lowest BCUT2D eigenvalue weighted by molar-refractivity contribution is 0.424. The molecule has 0 aliphatic carbocycles. The Morgan fingerprint density at radius 3 is 2.19 bits per heavy atom. The number of hydrogen-bond acceptors (Lipinski definition) is 2. The maximum Gasteiger partial charge on any atom is 0.130 e. The van der Waals surface area contributed by atoms with Crippen molar-refractivity contribution in [3.05, 3.63) is 64.7 Å². The van der Waals surface area contributed by atoms with Gasteiger partial charge >= 0.3 is 0 Å². The zero-order valence-corrected chi connectivity index (χ0v) is 12.3. The number of phenolic OH excluding ortho intramolecular Hbond substituents is 1. The van der Waals surface area contributed by atoms with Crippen LogP contribution >= 0.6 is 0 Å². The predicted molar refractivity (Wildman–Crippen MR) is 79.2 cm³/mol. The van der Waals surface area contributed by atoms with Crippen LogP contribution in [0, 0.1) is 18.6 Å². The molecule has 0 aromatic heterocycles.